The Balaban J connectivity index is 2.08. The highest BCUT2D eigenvalue weighted by Crippen LogP contribution is 2.08. The van der Waals surface area contributed by atoms with Gasteiger partial charge in [-0.25, -0.2) is 0 Å². The molecule has 0 aliphatic rings. The molecule has 1 aromatic rings. The van der Waals surface area contributed by atoms with Crippen LogP contribution in [0.5, 0.6) is 0 Å². The third-order valence-corrected chi connectivity index (χ3v) is 2.71. The van der Waals surface area contributed by atoms with E-state index in [1.807, 2.05) is 30.3 Å². The second kappa shape index (κ2) is 8.17. The van der Waals surface area contributed by atoms with E-state index < -0.39 is 0 Å². The standard InChI is InChI=1S/C14H23NO/c1-2-3-4-8-11-14(16)12-15-13-9-6-5-7-10-13/h5-7,9-10,14-16H,2-4,8,11-12H2,1H3. The summed E-state index contributed by atoms with van der Waals surface area (Å²) in [5, 5.41) is 13.0. The summed E-state index contributed by atoms with van der Waals surface area (Å²) in [7, 11) is 0. The van der Waals surface area contributed by atoms with Crippen molar-refractivity contribution in [2.45, 2.75) is 45.1 Å². The lowest BCUT2D eigenvalue weighted by molar-refractivity contribution is 0.173. The number of hydrogen-bond donors (Lipinski definition) is 2. The Kier molecular flexibility index (Phi) is 6.66. The fourth-order valence-corrected chi connectivity index (χ4v) is 1.70. The van der Waals surface area contributed by atoms with Gasteiger partial charge in [-0.2, -0.15) is 0 Å². The Morgan fingerprint density at radius 1 is 1.12 bits per heavy atom. The molecule has 90 valence electrons. The predicted octanol–water partition coefficient (Wildman–Crippen LogP) is 3.43. The number of unbranched alkanes of at least 4 members (excludes halogenated alkanes) is 3. The SMILES string of the molecule is CCCCCCC(O)CNc1ccccc1. The predicted molar refractivity (Wildman–Crippen MR) is 69.7 cm³/mol. The zero-order chi connectivity index (χ0) is 11.6. The van der Waals surface area contributed by atoms with E-state index in [2.05, 4.69) is 12.2 Å². The van der Waals surface area contributed by atoms with E-state index in [1.165, 1.54) is 19.3 Å². The van der Waals surface area contributed by atoms with Crippen molar-refractivity contribution in [1.82, 2.24) is 0 Å². The summed E-state index contributed by atoms with van der Waals surface area (Å²) in [4.78, 5) is 0. The quantitative estimate of drug-likeness (QED) is 0.659. The topological polar surface area (TPSA) is 32.3 Å². The molecule has 1 atom stereocenters. The molecule has 0 aromatic heterocycles. The van der Waals surface area contributed by atoms with Crippen molar-refractivity contribution in [2.75, 3.05) is 11.9 Å². The minimum Gasteiger partial charge on any atom is -0.391 e. The van der Waals surface area contributed by atoms with Crippen LogP contribution >= 0.6 is 0 Å². The zero-order valence-electron chi connectivity index (χ0n) is 10.2. The highest BCUT2D eigenvalue weighted by Gasteiger charge is 2.02. The number of anilines is 1. The summed E-state index contributed by atoms with van der Waals surface area (Å²) in [6.45, 7) is 2.85. The number of aliphatic hydroxyl groups excluding tert-OH is 1. The van der Waals surface area contributed by atoms with Crippen LogP contribution in [0.25, 0.3) is 0 Å². The molecule has 1 aromatic carbocycles. The van der Waals surface area contributed by atoms with Gasteiger partial charge >= 0.3 is 0 Å². The molecular weight excluding hydrogens is 198 g/mol. The molecule has 0 fully saturated rings. The zero-order valence-corrected chi connectivity index (χ0v) is 10.2. The van der Waals surface area contributed by atoms with Crippen LogP contribution < -0.4 is 5.32 Å². The minimum absolute atomic E-state index is 0.225. The molecule has 0 saturated heterocycles. The van der Waals surface area contributed by atoms with E-state index in [4.69, 9.17) is 0 Å². The molecule has 0 heterocycles. The molecule has 2 heteroatoms. The van der Waals surface area contributed by atoms with Crippen molar-refractivity contribution < 1.29 is 5.11 Å². The summed E-state index contributed by atoms with van der Waals surface area (Å²) in [5.41, 5.74) is 1.08. The van der Waals surface area contributed by atoms with Crippen molar-refractivity contribution >= 4 is 5.69 Å². The highest BCUT2D eigenvalue weighted by atomic mass is 16.3. The molecule has 0 amide bonds. The Labute approximate surface area is 98.7 Å². The van der Waals surface area contributed by atoms with Crippen molar-refractivity contribution in [3.63, 3.8) is 0 Å². The van der Waals surface area contributed by atoms with Gasteiger partial charge in [-0.05, 0) is 18.6 Å². The van der Waals surface area contributed by atoms with Crippen molar-refractivity contribution in [3.05, 3.63) is 30.3 Å². The van der Waals surface area contributed by atoms with Crippen LogP contribution in [-0.4, -0.2) is 17.8 Å². The van der Waals surface area contributed by atoms with Gasteiger partial charge in [0.25, 0.3) is 0 Å². The monoisotopic (exact) mass is 221 g/mol. The van der Waals surface area contributed by atoms with Crippen LogP contribution in [0.1, 0.15) is 39.0 Å². The molecule has 0 spiro atoms. The highest BCUT2D eigenvalue weighted by molar-refractivity contribution is 5.42. The molecule has 2 nitrogen and oxygen atoms in total. The van der Waals surface area contributed by atoms with Crippen LogP contribution in [0.15, 0.2) is 30.3 Å². The van der Waals surface area contributed by atoms with Gasteiger partial charge < -0.3 is 10.4 Å². The largest absolute Gasteiger partial charge is 0.391 e. The molecule has 1 unspecified atom stereocenters. The third kappa shape index (κ3) is 5.76. The second-order valence-electron chi connectivity index (χ2n) is 4.25. The van der Waals surface area contributed by atoms with Gasteiger partial charge in [0, 0.05) is 12.2 Å². The lowest BCUT2D eigenvalue weighted by atomic mass is 10.1. The first kappa shape index (κ1) is 13.0. The van der Waals surface area contributed by atoms with Crippen LogP contribution in [0.4, 0.5) is 5.69 Å². The maximum atomic E-state index is 9.75. The smallest absolute Gasteiger partial charge is 0.0712 e. The van der Waals surface area contributed by atoms with Crippen molar-refractivity contribution in [3.8, 4) is 0 Å². The summed E-state index contributed by atoms with van der Waals surface area (Å²) in [5.74, 6) is 0. The van der Waals surface area contributed by atoms with Crippen LogP contribution in [0, 0.1) is 0 Å². The van der Waals surface area contributed by atoms with Crippen molar-refractivity contribution in [1.29, 1.82) is 0 Å². The lowest BCUT2D eigenvalue weighted by Crippen LogP contribution is -2.19. The van der Waals surface area contributed by atoms with Gasteiger partial charge in [0.2, 0.25) is 0 Å². The number of rotatable bonds is 8. The first-order chi connectivity index (χ1) is 7.83. The van der Waals surface area contributed by atoms with E-state index in [-0.39, 0.29) is 6.10 Å². The van der Waals surface area contributed by atoms with E-state index in [9.17, 15) is 5.11 Å². The Hall–Kier alpha value is -1.02. The molecule has 16 heavy (non-hydrogen) atoms. The van der Waals surface area contributed by atoms with Crippen LogP contribution in [0.3, 0.4) is 0 Å². The van der Waals surface area contributed by atoms with Gasteiger partial charge in [0.1, 0.15) is 0 Å². The van der Waals surface area contributed by atoms with Gasteiger partial charge in [-0.1, -0.05) is 50.8 Å². The Morgan fingerprint density at radius 3 is 2.56 bits per heavy atom. The summed E-state index contributed by atoms with van der Waals surface area (Å²) < 4.78 is 0. The Morgan fingerprint density at radius 2 is 1.88 bits per heavy atom. The van der Waals surface area contributed by atoms with Gasteiger partial charge in [0.15, 0.2) is 0 Å². The third-order valence-electron chi connectivity index (χ3n) is 2.71. The number of para-hydroxylation sites is 1. The first-order valence-electron chi connectivity index (χ1n) is 6.30. The van der Waals surface area contributed by atoms with Gasteiger partial charge in [-0.3, -0.25) is 0 Å². The fraction of sp³-hybridized carbons (Fsp3) is 0.571. The summed E-state index contributed by atoms with van der Waals surface area (Å²) in [6.07, 6.45) is 5.57. The average Bonchev–Trinajstić information content (AvgIpc) is 2.33. The maximum absolute atomic E-state index is 9.75. The molecule has 0 aliphatic carbocycles. The van der Waals surface area contributed by atoms with Crippen LogP contribution in [-0.2, 0) is 0 Å². The first-order valence-corrected chi connectivity index (χ1v) is 6.30. The second-order valence-corrected chi connectivity index (χ2v) is 4.25. The Bertz CT molecular complexity index is 261. The maximum Gasteiger partial charge on any atom is 0.0712 e. The number of nitrogens with one attached hydrogen (secondary N) is 1. The van der Waals surface area contributed by atoms with Gasteiger partial charge in [-0.15, -0.1) is 0 Å². The molecule has 0 radical (unpaired) electrons. The van der Waals surface area contributed by atoms with Crippen molar-refractivity contribution in [2.24, 2.45) is 0 Å². The normalized spacial score (nSPS) is 12.4. The number of aliphatic hydroxyl groups is 1. The average molecular weight is 221 g/mol. The molecule has 0 bridgehead atoms. The van der Waals surface area contributed by atoms with Crippen LogP contribution in [0.2, 0.25) is 0 Å². The van der Waals surface area contributed by atoms with E-state index >= 15 is 0 Å². The molecule has 0 aliphatic heterocycles. The summed E-state index contributed by atoms with van der Waals surface area (Å²) >= 11 is 0. The summed E-state index contributed by atoms with van der Waals surface area (Å²) in [6, 6.07) is 10.0. The number of hydrogen-bond acceptors (Lipinski definition) is 2. The fourth-order valence-electron chi connectivity index (χ4n) is 1.70. The molecule has 2 N–H and O–H groups in total. The molecule has 1 rings (SSSR count). The molecule has 0 saturated carbocycles. The van der Waals surface area contributed by atoms with E-state index in [0.29, 0.717) is 6.54 Å². The lowest BCUT2D eigenvalue weighted by Gasteiger charge is -2.12. The van der Waals surface area contributed by atoms with Gasteiger partial charge in [0.05, 0.1) is 6.10 Å². The van der Waals surface area contributed by atoms with E-state index in [1.54, 1.807) is 0 Å². The minimum atomic E-state index is -0.225. The van der Waals surface area contributed by atoms with E-state index in [0.717, 1.165) is 18.5 Å². The number of benzene rings is 1. The molecular formula is C14H23NO.